The van der Waals surface area contributed by atoms with Gasteiger partial charge in [-0.2, -0.15) is 0 Å². The molecule has 0 unspecified atom stereocenters. The van der Waals surface area contributed by atoms with Crippen LogP contribution in [0.25, 0.3) is 11.6 Å². The van der Waals surface area contributed by atoms with Gasteiger partial charge >= 0.3 is 7.60 Å². The third-order valence-corrected chi connectivity index (χ3v) is 6.08. The fourth-order valence-corrected chi connectivity index (χ4v) is 4.38. The molecule has 25 heavy (non-hydrogen) atoms. The third kappa shape index (κ3) is 3.33. The maximum Gasteiger partial charge on any atom is 0.361 e. The van der Waals surface area contributed by atoms with Gasteiger partial charge in [-0.3, -0.25) is 9.36 Å². The second-order valence-corrected chi connectivity index (χ2v) is 7.65. The van der Waals surface area contributed by atoms with Crippen LogP contribution in [-0.2, 0) is 25.5 Å². The largest absolute Gasteiger partial charge is 0.361 e. The fourth-order valence-electron chi connectivity index (χ4n) is 2.79. The normalized spacial score (nSPS) is 15.5. The molecular formula is C18H21N2O4P. The highest BCUT2D eigenvalue weighted by Crippen LogP contribution is 2.48. The van der Waals surface area contributed by atoms with Gasteiger partial charge in [-0.05, 0) is 50.3 Å². The summed E-state index contributed by atoms with van der Waals surface area (Å²) in [4.78, 5) is 12.4. The first-order chi connectivity index (χ1) is 12.0. The Morgan fingerprint density at radius 3 is 2.52 bits per heavy atom. The van der Waals surface area contributed by atoms with Crippen LogP contribution in [-0.4, -0.2) is 23.7 Å². The minimum absolute atomic E-state index is 0.184. The number of amides is 1. The summed E-state index contributed by atoms with van der Waals surface area (Å²) in [5.41, 5.74) is 2.82. The Balaban J connectivity index is 2.08. The predicted octanol–water partition coefficient (Wildman–Crippen LogP) is 3.41. The zero-order valence-electron chi connectivity index (χ0n) is 14.5. The molecule has 0 bridgehead atoms. The molecule has 0 aliphatic carbocycles. The van der Waals surface area contributed by atoms with Crippen LogP contribution in [0.5, 0.6) is 0 Å². The Bertz CT molecular complexity index is 875. The number of rotatable bonds is 6. The lowest BCUT2D eigenvalue weighted by Crippen LogP contribution is -2.11. The molecule has 6 nitrogen and oxygen atoms in total. The second-order valence-electron chi connectivity index (χ2n) is 5.62. The highest BCUT2D eigenvalue weighted by molar-refractivity contribution is 7.62. The second kappa shape index (κ2) is 7.00. The Morgan fingerprint density at radius 1 is 1.20 bits per heavy atom. The first-order valence-electron chi connectivity index (χ1n) is 8.17. The SMILES string of the molecule is CCOP(=O)(OCC)c1ccc2c(c1)C(=Cc1cccn1C)C(=O)N2. The van der Waals surface area contributed by atoms with Crippen molar-refractivity contribution in [2.45, 2.75) is 13.8 Å². The van der Waals surface area contributed by atoms with Gasteiger partial charge in [-0.25, -0.2) is 0 Å². The highest BCUT2D eigenvalue weighted by Gasteiger charge is 2.31. The molecule has 1 aliphatic heterocycles. The summed E-state index contributed by atoms with van der Waals surface area (Å²) in [5, 5.41) is 3.28. The standard InChI is InChI=1S/C18H21N2O4P/c1-4-23-25(22,24-5-2)14-8-9-17-15(12-14)16(18(21)19-17)11-13-7-6-10-20(13)3/h6-12H,4-5H2,1-3H3,(H,19,21). The number of carbonyl (C=O) groups is 1. The van der Waals surface area contributed by atoms with E-state index in [-0.39, 0.29) is 19.1 Å². The molecule has 2 heterocycles. The molecule has 3 rings (SSSR count). The monoisotopic (exact) mass is 360 g/mol. The lowest BCUT2D eigenvalue weighted by atomic mass is 10.1. The number of aromatic nitrogens is 1. The van der Waals surface area contributed by atoms with Crippen LogP contribution in [0.15, 0.2) is 36.5 Å². The van der Waals surface area contributed by atoms with E-state index in [2.05, 4.69) is 5.32 Å². The van der Waals surface area contributed by atoms with E-state index in [0.29, 0.717) is 22.1 Å². The summed E-state index contributed by atoms with van der Waals surface area (Å²) in [7, 11) is -1.49. The molecule has 0 saturated carbocycles. The maximum absolute atomic E-state index is 13.0. The number of anilines is 1. The van der Waals surface area contributed by atoms with Crippen LogP contribution in [0, 0.1) is 0 Å². The highest BCUT2D eigenvalue weighted by atomic mass is 31.2. The van der Waals surface area contributed by atoms with E-state index in [0.717, 1.165) is 5.69 Å². The number of nitrogens with one attached hydrogen (secondary N) is 1. The zero-order chi connectivity index (χ0) is 18.0. The van der Waals surface area contributed by atoms with Crippen LogP contribution in [0.2, 0.25) is 0 Å². The van der Waals surface area contributed by atoms with Crippen LogP contribution < -0.4 is 10.6 Å². The van der Waals surface area contributed by atoms with Gasteiger partial charge in [0.1, 0.15) is 0 Å². The minimum atomic E-state index is -3.40. The summed E-state index contributed by atoms with van der Waals surface area (Å²) in [6.07, 6.45) is 3.73. The Labute approximate surface area is 147 Å². The molecule has 7 heteroatoms. The molecule has 0 radical (unpaired) electrons. The van der Waals surface area contributed by atoms with Crippen molar-refractivity contribution in [2.24, 2.45) is 7.05 Å². The van der Waals surface area contributed by atoms with Gasteiger partial charge in [0.25, 0.3) is 5.91 Å². The van der Waals surface area contributed by atoms with Crippen molar-refractivity contribution in [3.05, 3.63) is 47.8 Å². The third-order valence-electron chi connectivity index (χ3n) is 3.98. The van der Waals surface area contributed by atoms with E-state index in [4.69, 9.17) is 9.05 Å². The molecule has 0 fully saturated rings. The molecule has 0 saturated heterocycles. The van der Waals surface area contributed by atoms with Crippen molar-refractivity contribution >= 4 is 36.1 Å². The Hall–Kier alpha value is -2.14. The van der Waals surface area contributed by atoms with E-state index >= 15 is 0 Å². The summed E-state index contributed by atoms with van der Waals surface area (Å²) >= 11 is 0. The number of benzene rings is 1. The number of fused-ring (bicyclic) bond motifs is 1. The van der Waals surface area contributed by atoms with E-state index in [1.54, 1.807) is 32.0 Å². The van der Waals surface area contributed by atoms with Crippen molar-refractivity contribution in [1.29, 1.82) is 0 Å². The topological polar surface area (TPSA) is 69.6 Å². The maximum atomic E-state index is 13.0. The van der Waals surface area contributed by atoms with Gasteiger partial charge in [0.15, 0.2) is 0 Å². The van der Waals surface area contributed by atoms with Gasteiger partial charge in [0, 0.05) is 30.2 Å². The van der Waals surface area contributed by atoms with Crippen LogP contribution in [0.3, 0.4) is 0 Å². The summed E-state index contributed by atoms with van der Waals surface area (Å²) in [6.45, 7) is 4.09. The summed E-state index contributed by atoms with van der Waals surface area (Å²) in [5.74, 6) is -0.184. The smallest absolute Gasteiger partial charge is 0.351 e. The number of carbonyl (C=O) groups excluding carboxylic acids is 1. The van der Waals surface area contributed by atoms with Crippen molar-refractivity contribution in [3.63, 3.8) is 0 Å². The average Bonchev–Trinajstić information content (AvgIpc) is 3.11. The predicted molar refractivity (Wildman–Crippen MR) is 98.8 cm³/mol. The number of hydrogen-bond acceptors (Lipinski definition) is 4. The molecule has 1 amide bonds. The first kappa shape index (κ1) is 17.7. The fraction of sp³-hybridized carbons (Fsp3) is 0.278. The lowest BCUT2D eigenvalue weighted by Gasteiger charge is -2.17. The quantitative estimate of drug-likeness (QED) is 0.633. The molecule has 0 atom stereocenters. The number of aryl methyl sites for hydroxylation is 1. The molecule has 1 aliphatic rings. The summed E-state index contributed by atoms with van der Waals surface area (Å²) < 4.78 is 25.7. The van der Waals surface area contributed by atoms with Crippen LogP contribution in [0.4, 0.5) is 5.69 Å². The van der Waals surface area contributed by atoms with E-state index in [1.165, 1.54) is 0 Å². The first-order valence-corrected chi connectivity index (χ1v) is 9.71. The van der Waals surface area contributed by atoms with Crippen molar-refractivity contribution in [1.82, 2.24) is 4.57 Å². The Kier molecular flexibility index (Phi) is 4.95. The molecule has 1 aromatic heterocycles. The Morgan fingerprint density at radius 2 is 1.92 bits per heavy atom. The van der Waals surface area contributed by atoms with Gasteiger partial charge < -0.3 is 18.9 Å². The molecule has 2 aromatic rings. The molecular weight excluding hydrogens is 339 g/mol. The van der Waals surface area contributed by atoms with E-state index in [9.17, 15) is 9.36 Å². The molecule has 1 N–H and O–H groups in total. The van der Waals surface area contributed by atoms with Crippen molar-refractivity contribution in [3.8, 4) is 0 Å². The molecule has 1 aromatic carbocycles. The van der Waals surface area contributed by atoms with Gasteiger partial charge in [-0.15, -0.1) is 0 Å². The van der Waals surface area contributed by atoms with Gasteiger partial charge in [-0.1, -0.05) is 0 Å². The minimum Gasteiger partial charge on any atom is -0.351 e. The van der Waals surface area contributed by atoms with Crippen LogP contribution >= 0.6 is 7.60 Å². The average molecular weight is 360 g/mol. The van der Waals surface area contributed by atoms with Crippen molar-refractivity contribution < 1.29 is 18.4 Å². The zero-order valence-corrected chi connectivity index (χ0v) is 15.4. The molecule has 132 valence electrons. The van der Waals surface area contributed by atoms with Crippen LogP contribution in [0.1, 0.15) is 25.1 Å². The van der Waals surface area contributed by atoms with Crippen molar-refractivity contribution in [2.75, 3.05) is 18.5 Å². The summed E-state index contributed by atoms with van der Waals surface area (Å²) in [6, 6.07) is 8.96. The molecule has 0 spiro atoms. The van der Waals surface area contributed by atoms with E-state index in [1.807, 2.05) is 36.0 Å². The number of hydrogen-bond donors (Lipinski definition) is 1. The van der Waals surface area contributed by atoms with E-state index < -0.39 is 7.60 Å². The lowest BCUT2D eigenvalue weighted by molar-refractivity contribution is -0.110. The van der Waals surface area contributed by atoms with Gasteiger partial charge in [0.05, 0.1) is 24.1 Å². The number of nitrogens with zero attached hydrogens (tertiary/aromatic N) is 1. The van der Waals surface area contributed by atoms with Gasteiger partial charge in [0.2, 0.25) is 0 Å².